The number of rotatable bonds is 10. The minimum atomic E-state index is -3.57. The Morgan fingerprint density at radius 1 is 0.950 bits per heavy atom. The van der Waals surface area contributed by atoms with Gasteiger partial charge in [-0.05, 0) is 6.42 Å². The maximum Gasteiger partial charge on any atom is 0.264 e. The van der Waals surface area contributed by atoms with Crippen LogP contribution in [0.3, 0.4) is 0 Å². The van der Waals surface area contributed by atoms with Crippen molar-refractivity contribution in [3.05, 3.63) is 0 Å². The van der Waals surface area contributed by atoms with Gasteiger partial charge in [-0.15, -0.1) is 0 Å². The molecule has 0 saturated carbocycles. The fourth-order valence-corrected chi connectivity index (χ4v) is 2.09. The zero-order chi connectivity index (χ0) is 15.8. The topological polar surface area (TPSA) is 107 Å². The Morgan fingerprint density at radius 3 is 1.65 bits per heavy atom. The van der Waals surface area contributed by atoms with E-state index in [9.17, 15) is 21.6 Å². The Bertz CT molecular complexity index is 460. The van der Waals surface area contributed by atoms with Crippen molar-refractivity contribution < 1.29 is 30.0 Å². The van der Waals surface area contributed by atoms with Crippen molar-refractivity contribution in [1.82, 2.24) is 4.90 Å². The number of carbonyl (C=O) groups is 1. The molecule has 0 heterocycles. The lowest BCUT2D eigenvalue weighted by atomic mass is 10.3. The van der Waals surface area contributed by atoms with E-state index in [0.717, 1.165) is 12.5 Å². The molecule has 0 atom stereocenters. The Morgan fingerprint density at radius 2 is 1.35 bits per heavy atom. The van der Waals surface area contributed by atoms with Crippen LogP contribution < -0.4 is 0 Å². The third-order valence-electron chi connectivity index (χ3n) is 2.13. The van der Waals surface area contributed by atoms with Crippen LogP contribution in [-0.4, -0.2) is 66.5 Å². The first kappa shape index (κ1) is 19.3. The fourth-order valence-electron chi connectivity index (χ4n) is 1.33. The molecule has 8 nitrogen and oxygen atoms in total. The molecule has 0 radical (unpaired) electrons. The average molecular weight is 331 g/mol. The van der Waals surface area contributed by atoms with Crippen LogP contribution in [0.2, 0.25) is 0 Å². The van der Waals surface area contributed by atoms with Crippen molar-refractivity contribution in [2.24, 2.45) is 0 Å². The Balaban J connectivity index is 4.38. The molecule has 0 aromatic rings. The van der Waals surface area contributed by atoms with Gasteiger partial charge in [0.1, 0.15) is 0 Å². The van der Waals surface area contributed by atoms with Crippen molar-refractivity contribution in [2.45, 2.75) is 19.8 Å². The predicted molar refractivity (Wildman–Crippen MR) is 73.1 cm³/mol. The molecule has 0 fully saturated rings. The summed E-state index contributed by atoms with van der Waals surface area (Å²) in [6.07, 6.45) is 2.75. The molecule has 0 spiro atoms. The van der Waals surface area contributed by atoms with E-state index < -0.39 is 20.2 Å². The van der Waals surface area contributed by atoms with Crippen molar-refractivity contribution in [3.63, 3.8) is 0 Å². The Labute approximate surface area is 120 Å². The Kier molecular flexibility index (Phi) is 8.25. The highest BCUT2D eigenvalue weighted by atomic mass is 32.2. The van der Waals surface area contributed by atoms with Gasteiger partial charge >= 0.3 is 0 Å². The van der Waals surface area contributed by atoms with Gasteiger partial charge in [-0.3, -0.25) is 13.2 Å². The molecule has 1 amide bonds. The zero-order valence-corrected chi connectivity index (χ0v) is 13.5. The summed E-state index contributed by atoms with van der Waals surface area (Å²) >= 11 is 0. The van der Waals surface area contributed by atoms with E-state index in [1.807, 2.05) is 6.92 Å². The summed E-state index contributed by atoms with van der Waals surface area (Å²) in [7, 11) is -7.13. The van der Waals surface area contributed by atoms with Crippen LogP contribution in [0.5, 0.6) is 0 Å². The maximum absolute atomic E-state index is 11.8. The van der Waals surface area contributed by atoms with E-state index >= 15 is 0 Å². The van der Waals surface area contributed by atoms with E-state index in [2.05, 4.69) is 8.37 Å². The first-order valence-electron chi connectivity index (χ1n) is 6.01. The summed E-state index contributed by atoms with van der Waals surface area (Å²) in [4.78, 5) is 13.1. The van der Waals surface area contributed by atoms with Gasteiger partial charge < -0.3 is 4.90 Å². The first-order valence-corrected chi connectivity index (χ1v) is 9.65. The van der Waals surface area contributed by atoms with Gasteiger partial charge in [0.2, 0.25) is 5.91 Å². The van der Waals surface area contributed by atoms with Crippen LogP contribution in [-0.2, 0) is 33.4 Å². The van der Waals surface area contributed by atoms with Crippen LogP contribution >= 0.6 is 0 Å². The fraction of sp³-hybridized carbons (Fsp3) is 0.900. The summed E-state index contributed by atoms with van der Waals surface area (Å²) in [5, 5.41) is 0. The van der Waals surface area contributed by atoms with E-state index in [-0.39, 0.29) is 38.6 Å². The largest absolute Gasteiger partial charge is 0.338 e. The molecule has 0 saturated heterocycles. The van der Waals surface area contributed by atoms with E-state index in [4.69, 9.17) is 0 Å². The van der Waals surface area contributed by atoms with Crippen LogP contribution in [0.15, 0.2) is 0 Å². The number of carbonyl (C=O) groups excluding carboxylic acids is 1. The van der Waals surface area contributed by atoms with Gasteiger partial charge in [-0.25, -0.2) is 0 Å². The third kappa shape index (κ3) is 11.1. The van der Waals surface area contributed by atoms with Crippen LogP contribution in [0, 0.1) is 0 Å². The summed E-state index contributed by atoms with van der Waals surface area (Å²) in [6, 6.07) is 0. The predicted octanol–water partition coefficient (Wildman–Crippen LogP) is -0.432. The van der Waals surface area contributed by atoms with Crippen LogP contribution in [0.4, 0.5) is 0 Å². The van der Waals surface area contributed by atoms with Gasteiger partial charge in [-0.2, -0.15) is 16.8 Å². The second kappa shape index (κ2) is 8.55. The summed E-state index contributed by atoms with van der Waals surface area (Å²) in [5.74, 6) is -0.207. The van der Waals surface area contributed by atoms with Crippen LogP contribution in [0.1, 0.15) is 19.8 Å². The molecular formula is C10H21NO7S2. The van der Waals surface area contributed by atoms with Gasteiger partial charge in [0.25, 0.3) is 20.2 Å². The lowest BCUT2D eigenvalue weighted by molar-refractivity contribution is -0.132. The number of amides is 1. The second-order valence-corrected chi connectivity index (χ2v) is 7.47. The first-order chi connectivity index (χ1) is 9.05. The molecule has 0 aliphatic carbocycles. The molecule has 0 N–H and O–H groups in total. The number of hydrogen-bond acceptors (Lipinski definition) is 7. The monoisotopic (exact) mass is 331 g/mol. The highest BCUT2D eigenvalue weighted by molar-refractivity contribution is 7.86. The normalized spacial score (nSPS) is 12.3. The van der Waals surface area contributed by atoms with E-state index in [0.29, 0.717) is 6.42 Å². The zero-order valence-electron chi connectivity index (χ0n) is 11.9. The van der Waals surface area contributed by atoms with Gasteiger partial charge in [0.15, 0.2) is 0 Å². The van der Waals surface area contributed by atoms with Crippen molar-refractivity contribution in [2.75, 3.05) is 38.8 Å². The smallest absolute Gasteiger partial charge is 0.264 e. The summed E-state index contributed by atoms with van der Waals surface area (Å²) in [5.41, 5.74) is 0. The molecule has 0 aromatic carbocycles. The van der Waals surface area contributed by atoms with Gasteiger partial charge in [-0.1, -0.05) is 6.92 Å². The summed E-state index contributed by atoms with van der Waals surface area (Å²) < 4.78 is 52.4. The maximum atomic E-state index is 11.8. The molecule has 0 aromatic heterocycles. The molecule has 0 unspecified atom stereocenters. The Hall–Kier alpha value is -0.710. The lowest BCUT2D eigenvalue weighted by Gasteiger charge is -2.21. The van der Waals surface area contributed by atoms with E-state index in [1.54, 1.807) is 0 Å². The minimum absolute atomic E-state index is 0.0546. The van der Waals surface area contributed by atoms with Crippen LogP contribution in [0.25, 0.3) is 0 Å². The minimum Gasteiger partial charge on any atom is -0.338 e. The molecule has 20 heavy (non-hydrogen) atoms. The molecule has 120 valence electrons. The molecule has 10 heteroatoms. The second-order valence-electron chi connectivity index (χ2n) is 4.18. The highest BCUT2D eigenvalue weighted by Gasteiger charge is 2.14. The van der Waals surface area contributed by atoms with Gasteiger partial charge in [0, 0.05) is 19.5 Å². The van der Waals surface area contributed by atoms with Crippen molar-refractivity contribution in [1.29, 1.82) is 0 Å². The van der Waals surface area contributed by atoms with Crippen molar-refractivity contribution >= 4 is 26.1 Å². The molecule has 0 aliphatic heterocycles. The highest BCUT2D eigenvalue weighted by Crippen LogP contribution is 2.00. The number of nitrogens with zero attached hydrogens (tertiary/aromatic N) is 1. The standard InChI is InChI=1S/C10H21NO7S2/c1-4-5-10(12)11(6-8-17-19(2,13)14)7-9-18-20(3,15)16/h4-9H2,1-3H3. The SMILES string of the molecule is CCCC(=O)N(CCOS(C)(=O)=O)CCOS(C)(=O)=O. The third-order valence-corrected chi connectivity index (χ3v) is 3.32. The van der Waals surface area contributed by atoms with E-state index in [1.165, 1.54) is 4.90 Å². The molecular weight excluding hydrogens is 310 g/mol. The molecule has 0 aliphatic rings. The number of hydrogen-bond donors (Lipinski definition) is 0. The molecule has 0 bridgehead atoms. The lowest BCUT2D eigenvalue weighted by Crippen LogP contribution is -2.37. The van der Waals surface area contributed by atoms with Crippen molar-refractivity contribution in [3.8, 4) is 0 Å². The molecule has 0 rings (SSSR count). The van der Waals surface area contributed by atoms with Gasteiger partial charge in [0.05, 0.1) is 25.7 Å². The average Bonchev–Trinajstić information content (AvgIpc) is 2.24. The summed E-state index contributed by atoms with van der Waals surface area (Å²) in [6.45, 7) is 1.59. The quantitative estimate of drug-likeness (QED) is 0.500.